The molecule has 0 saturated carbocycles. The highest BCUT2D eigenvalue weighted by molar-refractivity contribution is 6.30. The van der Waals surface area contributed by atoms with Gasteiger partial charge in [0.2, 0.25) is 27.8 Å². The van der Waals surface area contributed by atoms with E-state index in [-0.39, 0.29) is 94.4 Å². The van der Waals surface area contributed by atoms with Crippen molar-refractivity contribution in [3.63, 3.8) is 0 Å². The molecule has 12 rings (SSSR count). The van der Waals surface area contributed by atoms with Gasteiger partial charge < -0.3 is 29.3 Å². The molecule has 0 spiro atoms. The monoisotopic (exact) mass is 1310 g/mol. The van der Waals surface area contributed by atoms with Gasteiger partial charge in [0, 0.05) is 67.5 Å². The van der Waals surface area contributed by atoms with Crippen LogP contribution in [0, 0.1) is 5.92 Å². The van der Waals surface area contributed by atoms with Gasteiger partial charge in [-0.1, -0.05) is 189 Å². The largest absolute Gasteiger partial charge is 0.502 e. The molecule has 6 aromatic carbocycles. The normalized spacial score (nSPS) is 16.1. The minimum Gasteiger partial charge on any atom is -0.502 e. The number of ether oxygens (including phenoxy) is 2. The average Bonchev–Trinajstić information content (AvgIpc) is 0.760. The van der Waals surface area contributed by atoms with Crippen LogP contribution < -0.4 is 25.8 Å². The summed E-state index contributed by atoms with van der Waals surface area (Å²) in [6.07, 6.45) is 3.30. The summed E-state index contributed by atoms with van der Waals surface area (Å²) >= 11 is 6.30. The van der Waals surface area contributed by atoms with Crippen LogP contribution in [0.5, 0.6) is 17.2 Å². The van der Waals surface area contributed by atoms with E-state index in [1.807, 2.05) is 193 Å². The third-order valence-corrected chi connectivity index (χ3v) is 17.6. The fourth-order valence-electron chi connectivity index (χ4n) is 12.7. The van der Waals surface area contributed by atoms with Gasteiger partial charge in [0.15, 0.2) is 22.8 Å². The minimum atomic E-state index is -0.669. The first-order valence-corrected chi connectivity index (χ1v) is 32.3. The molecule has 494 valence electrons. The Balaban J connectivity index is 0.000000157. The Labute approximate surface area is 560 Å². The van der Waals surface area contributed by atoms with Crippen LogP contribution in [0.2, 0.25) is 5.02 Å². The van der Waals surface area contributed by atoms with E-state index in [2.05, 4.69) is 39.6 Å². The number of amides is 3. The lowest BCUT2D eigenvalue weighted by molar-refractivity contribution is -0.138. The van der Waals surface area contributed by atoms with Gasteiger partial charge in [0.05, 0.1) is 42.6 Å². The van der Waals surface area contributed by atoms with Gasteiger partial charge in [-0.25, -0.2) is 0 Å². The van der Waals surface area contributed by atoms with E-state index in [0.29, 0.717) is 24.7 Å². The number of hydrogen-bond donors (Lipinski definition) is 1. The first-order chi connectivity index (χ1) is 46.1. The number of aromatic nitrogens is 6. The molecule has 96 heavy (non-hydrogen) atoms. The highest BCUT2D eigenvalue weighted by atomic mass is 35.5. The standard InChI is InChI=1S/C27H29N3O4.C25H25N3O4.C23H22ClN3O3/c1-17(2)27(33)34-25-22(31)15-28-30-21(16-29(18(3)4)26(32)24(25)30)23(19-11-7-5-8-12-19)20-13-9-6-10-14-20;1-16(2)27-15-20(22(18-10-6-4-7-11-18)19-12-8-5-9-13-19)28-23(25(27)31)24(32-17(3)29)21(30)14-26-28;1-14(2)26-13-18(27-21(23(26)30)22(29)19(28)12-25-27)20(15-7-4-3-5-8-15)16-9-6-10-17(24)11-16/h5-15,17-18,21,23H,16H2,1-4H3;4-14,16,20,22H,15H2,1-3H3;3-12,14,18,20,29H,13H2,1-2H3. The smallest absolute Gasteiger partial charge is 0.313 e. The molecule has 3 aliphatic heterocycles. The van der Waals surface area contributed by atoms with Gasteiger partial charge in [0.1, 0.15) is 0 Å². The van der Waals surface area contributed by atoms with Crippen molar-refractivity contribution >= 4 is 41.3 Å². The number of halogens is 1. The van der Waals surface area contributed by atoms with E-state index in [1.54, 1.807) is 37.9 Å². The molecule has 9 aromatic rings. The lowest BCUT2D eigenvalue weighted by atomic mass is 9.83. The Morgan fingerprint density at radius 3 is 1.05 bits per heavy atom. The number of benzene rings is 6. The summed E-state index contributed by atoms with van der Waals surface area (Å²) in [5.41, 5.74) is 4.31. The van der Waals surface area contributed by atoms with Crippen LogP contribution in [0.3, 0.4) is 0 Å². The summed E-state index contributed by atoms with van der Waals surface area (Å²) in [6, 6.07) is 56.2. The topological polar surface area (TPSA) is 238 Å². The second kappa shape index (κ2) is 29.8. The number of carbonyl (C=O) groups excluding carboxylic acids is 5. The Bertz CT molecular complexity index is 4390. The molecule has 0 aliphatic carbocycles. The molecule has 0 radical (unpaired) electrons. The minimum absolute atomic E-state index is 0.00881. The third-order valence-electron chi connectivity index (χ3n) is 17.4. The summed E-state index contributed by atoms with van der Waals surface area (Å²) in [5.74, 6) is -4.43. The first kappa shape index (κ1) is 68.3. The van der Waals surface area contributed by atoms with Crippen LogP contribution in [0.25, 0.3) is 0 Å². The molecule has 3 amide bonds. The van der Waals surface area contributed by atoms with Crippen molar-refractivity contribution in [3.05, 3.63) is 281 Å². The quantitative estimate of drug-likeness (QED) is 0.0940. The highest BCUT2D eigenvalue weighted by Crippen LogP contribution is 2.44. The average molecular weight is 1310 g/mol. The molecule has 0 saturated heterocycles. The van der Waals surface area contributed by atoms with Crippen molar-refractivity contribution in [2.75, 3.05) is 19.6 Å². The van der Waals surface area contributed by atoms with Crippen LogP contribution in [-0.4, -0.2) is 117 Å². The van der Waals surface area contributed by atoms with Gasteiger partial charge in [-0.05, 0) is 87.1 Å². The predicted molar refractivity (Wildman–Crippen MR) is 364 cm³/mol. The van der Waals surface area contributed by atoms with Gasteiger partial charge in [-0.15, -0.1) is 0 Å². The lowest BCUT2D eigenvalue weighted by Gasteiger charge is -2.41. The van der Waals surface area contributed by atoms with Crippen molar-refractivity contribution in [1.29, 1.82) is 0 Å². The second-order valence-corrected chi connectivity index (χ2v) is 25.4. The van der Waals surface area contributed by atoms with E-state index in [4.69, 9.17) is 21.1 Å². The maximum absolute atomic E-state index is 13.6. The zero-order valence-electron chi connectivity index (χ0n) is 54.8. The van der Waals surface area contributed by atoms with E-state index in [0.717, 1.165) is 52.0 Å². The molecule has 21 heteroatoms. The highest BCUT2D eigenvalue weighted by Gasteiger charge is 2.44. The Morgan fingerprint density at radius 2 is 0.729 bits per heavy atom. The molecule has 4 unspecified atom stereocenters. The number of hydrogen-bond acceptors (Lipinski definition) is 14. The van der Waals surface area contributed by atoms with Gasteiger partial charge in [0.25, 0.3) is 17.7 Å². The third kappa shape index (κ3) is 14.4. The van der Waals surface area contributed by atoms with Crippen LogP contribution in [-0.2, 0) is 9.59 Å². The molecule has 0 bridgehead atoms. The molecule has 20 nitrogen and oxygen atoms in total. The van der Waals surface area contributed by atoms with Crippen molar-refractivity contribution in [2.24, 2.45) is 5.92 Å². The molecule has 1 N–H and O–H groups in total. The number of esters is 2. The lowest BCUT2D eigenvalue weighted by Crippen LogP contribution is -2.50. The van der Waals surface area contributed by atoms with Crippen LogP contribution >= 0.6 is 11.6 Å². The van der Waals surface area contributed by atoms with E-state index < -0.39 is 45.8 Å². The summed E-state index contributed by atoms with van der Waals surface area (Å²) in [5, 5.41) is 24.1. The molecule has 4 atom stereocenters. The summed E-state index contributed by atoms with van der Waals surface area (Å²) < 4.78 is 15.3. The zero-order valence-corrected chi connectivity index (χ0v) is 55.6. The van der Waals surface area contributed by atoms with Gasteiger partial charge >= 0.3 is 11.9 Å². The van der Waals surface area contributed by atoms with Crippen LogP contribution in [0.1, 0.15) is 163 Å². The SMILES string of the molecule is CC(=O)Oc1c2n(ncc1=O)C(C(c1ccccc1)c1ccccc1)CN(C(C)C)C2=O.CC(C)C(=O)Oc1c2n(ncc1=O)C(C(c1ccccc1)c1ccccc1)CN(C(C)C)C2=O.CC(C)N1CC(C(c2ccccc2)c2cccc(Cl)c2)n2ncc(=O)c(O)c2C1=O. The number of carbonyl (C=O) groups is 5. The van der Waals surface area contributed by atoms with E-state index in [1.165, 1.54) is 11.6 Å². The summed E-state index contributed by atoms with van der Waals surface area (Å²) in [6.45, 7) is 17.3. The number of rotatable bonds is 15. The maximum Gasteiger partial charge on any atom is 0.313 e. The van der Waals surface area contributed by atoms with Crippen molar-refractivity contribution in [1.82, 2.24) is 44.0 Å². The fraction of sp³-hybridized carbons (Fsp3) is 0.293. The van der Waals surface area contributed by atoms with E-state index >= 15 is 0 Å². The molecule has 6 heterocycles. The molecule has 3 aliphatic rings. The van der Waals surface area contributed by atoms with Crippen LogP contribution in [0.15, 0.2) is 209 Å². The Morgan fingerprint density at radius 1 is 0.427 bits per heavy atom. The fourth-order valence-corrected chi connectivity index (χ4v) is 12.9. The molecule has 0 fully saturated rings. The van der Waals surface area contributed by atoms with Crippen LogP contribution in [0.4, 0.5) is 0 Å². The molecular formula is C75H76ClN9O11. The zero-order chi connectivity index (χ0) is 68.6. The number of nitrogens with zero attached hydrogens (tertiary/aromatic N) is 9. The van der Waals surface area contributed by atoms with Crippen molar-refractivity contribution < 1.29 is 38.6 Å². The number of fused-ring (bicyclic) bond motifs is 3. The number of aromatic hydroxyl groups is 1. The Kier molecular flexibility index (Phi) is 21.2. The maximum atomic E-state index is 13.6. The summed E-state index contributed by atoms with van der Waals surface area (Å²) in [4.78, 5) is 107. The first-order valence-electron chi connectivity index (χ1n) is 31.9. The van der Waals surface area contributed by atoms with Crippen molar-refractivity contribution in [3.8, 4) is 17.2 Å². The summed E-state index contributed by atoms with van der Waals surface area (Å²) in [7, 11) is 0. The predicted octanol–water partition coefficient (Wildman–Crippen LogP) is 11.3. The Hall–Kier alpha value is -10.6. The van der Waals surface area contributed by atoms with Crippen molar-refractivity contribution in [2.45, 2.75) is 116 Å². The second-order valence-electron chi connectivity index (χ2n) is 25.0. The van der Waals surface area contributed by atoms with E-state index in [9.17, 15) is 43.5 Å². The van der Waals surface area contributed by atoms with Gasteiger partial charge in [-0.3, -0.25) is 52.4 Å². The van der Waals surface area contributed by atoms with Gasteiger partial charge in [-0.2, -0.15) is 15.3 Å². The molecular weight excluding hydrogens is 1240 g/mol. The molecule has 3 aromatic heterocycles.